The second-order valence-corrected chi connectivity index (χ2v) is 7.47. The lowest BCUT2D eigenvalue weighted by molar-refractivity contribution is 0.102. The van der Waals surface area contributed by atoms with Crippen molar-refractivity contribution in [2.75, 3.05) is 0 Å². The van der Waals surface area contributed by atoms with Gasteiger partial charge >= 0.3 is 0 Å². The van der Waals surface area contributed by atoms with Crippen molar-refractivity contribution in [2.24, 2.45) is 16.5 Å². The average Bonchev–Trinajstić information content (AvgIpc) is 2.68. The molecule has 138 valence electrons. The Morgan fingerprint density at radius 2 is 1.58 bits per heavy atom. The van der Waals surface area contributed by atoms with Crippen molar-refractivity contribution >= 4 is 18.1 Å². The molecule has 0 atom stereocenters. The molecule has 0 saturated heterocycles. The number of hydrogen-bond donors (Lipinski definition) is 0. The minimum Gasteiger partial charge on any atom is -0.391 e. The van der Waals surface area contributed by atoms with Gasteiger partial charge in [0, 0.05) is 11.0 Å². The van der Waals surface area contributed by atoms with Gasteiger partial charge in [-0.1, -0.05) is 47.6 Å². The normalized spacial score (nSPS) is 24.8. The number of rotatable bonds is 5. The van der Waals surface area contributed by atoms with E-state index in [1.165, 1.54) is 50.7 Å². The van der Waals surface area contributed by atoms with E-state index in [9.17, 15) is 4.39 Å². The van der Waals surface area contributed by atoms with Crippen molar-refractivity contribution < 1.29 is 9.23 Å². The van der Waals surface area contributed by atoms with Crippen molar-refractivity contribution in [3.8, 4) is 0 Å². The molecular weight excluding hydrogens is 349 g/mol. The van der Waals surface area contributed by atoms with Crippen molar-refractivity contribution in [3.63, 3.8) is 0 Å². The molecule has 2 nitrogen and oxygen atoms in total. The molecule has 4 heteroatoms. The first kappa shape index (κ1) is 18.9. The molecule has 0 amide bonds. The van der Waals surface area contributed by atoms with Gasteiger partial charge in [0.15, 0.2) is 0 Å². The van der Waals surface area contributed by atoms with E-state index in [2.05, 4.69) is 5.16 Å². The summed E-state index contributed by atoms with van der Waals surface area (Å²) in [7, 11) is 0. The number of benzene rings is 2. The summed E-state index contributed by atoms with van der Waals surface area (Å²) < 4.78 is 13.4. The predicted octanol–water partition coefficient (Wildman–Crippen LogP) is 6.14. The second-order valence-electron chi connectivity index (χ2n) is 7.47. The van der Waals surface area contributed by atoms with E-state index >= 15 is 0 Å². The summed E-state index contributed by atoms with van der Waals surface area (Å²) in [4.78, 5) is 5.76. The quantitative estimate of drug-likeness (QED) is 0.455. The molecule has 0 heterocycles. The largest absolute Gasteiger partial charge is 0.391 e. The highest BCUT2D eigenvalue weighted by atomic mass is 35.5. The fraction of sp³-hybridized carbons (Fsp3) is 0.409. The average molecular weight is 374 g/mol. The van der Waals surface area contributed by atoms with E-state index in [4.69, 9.17) is 4.84 Å². The van der Waals surface area contributed by atoms with Crippen LogP contribution in [0.3, 0.4) is 0 Å². The maximum absolute atomic E-state index is 13.4. The van der Waals surface area contributed by atoms with Crippen LogP contribution in [0.1, 0.15) is 49.7 Å². The van der Waals surface area contributed by atoms with E-state index < -0.39 is 0 Å². The Bertz CT molecular complexity index is 723. The molecule has 3 aliphatic carbocycles. The van der Waals surface area contributed by atoms with E-state index in [1.807, 2.05) is 42.5 Å². The molecule has 2 aromatic rings. The molecule has 0 unspecified atom stereocenters. The van der Waals surface area contributed by atoms with E-state index in [1.54, 1.807) is 0 Å². The summed E-state index contributed by atoms with van der Waals surface area (Å²) in [6.45, 7) is 0.463. The molecule has 2 aromatic carbocycles. The summed E-state index contributed by atoms with van der Waals surface area (Å²) in [6.07, 6.45) is 7.34. The molecule has 3 fully saturated rings. The lowest BCUT2D eigenvalue weighted by Gasteiger charge is -2.46. The van der Waals surface area contributed by atoms with Gasteiger partial charge in [0.25, 0.3) is 0 Å². The van der Waals surface area contributed by atoms with E-state index in [-0.39, 0.29) is 23.6 Å². The molecule has 0 aromatic heterocycles. The van der Waals surface area contributed by atoms with Crippen molar-refractivity contribution in [3.05, 3.63) is 71.5 Å². The summed E-state index contributed by atoms with van der Waals surface area (Å²) in [6, 6.07) is 16.8. The van der Waals surface area contributed by atoms with Crippen LogP contribution in [0, 0.1) is 17.2 Å². The lowest BCUT2D eigenvalue weighted by Crippen LogP contribution is -2.41. The molecular formula is C22H25ClFNO. The predicted molar refractivity (Wildman–Crippen MR) is 105 cm³/mol. The zero-order chi connectivity index (χ0) is 17.1. The summed E-state index contributed by atoms with van der Waals surface area (Å²) in [5.41, 5.74) is 3.22. The Morgan fingerprint density at radius 3 is 2.19 bits per heavy atom. The highest BCUT2D eigenvalue weighted by molar-refractivity contribution is 6.04. The van der Waals surface area contributed by atoms with Crippen LogP contribution in [0.25, 0.3) is 0 Å². The van der Waals surface area contributed by atoms with Gasteiger partial charge in [-0.2, -0.15) is 0 Å². The van der Waals surface area contributed by atoms with Crippen molar-refractivity contribution in [1.29, 1.82) is 0 Å². The molecule has 26 heavy (non-hydrogen) atoms. The fourth-order valence-corrected chi connectivity index (χ4v) is 4.41. The third-order valence-corrected chi connectivity index (χ3v) is 5.94. The summed E-state index contributed by atoms with van der Waals surface area (Å²) in [5, 5.41) is 4.60. The molecule has 0 aliphatic heterocycles. The fourth-order valence-electron chi connectivity index (χ4n) is 4.41. The van der Waals surface area contributed by atoms with E-state index in [0.29, 0.717) is 6.61 Å². The minimum absolute atomic E-state index is 0. The van der Waals surface area contributed by atoms with Gasteiger partial charge in [-0.15, -0.1) is 12.4 Å². The molecule has 2 bridgehead atoms. The summed E-state index contributed by atoms with van der Waals surface area (Å²) in [5.74, 6) is 0.680. The minimum atomic E-state index is -0.210. The second kappa shape index (κ2) is 8.22. The first-order valence-electron chi connectivity index (χ1n) is 9.25. The van der Waals surface area contributed by atoms with Crippen LogP contribution in [-0.4, -0.2) is 5.71 Å². The Morgan fingerprint density at radius 1 is 0.962 bits per heavy atom. The maximum atomic E-state index is 13.4. The van der Waals surface area contributed by atoms with Crippen LogP contribution in [0.2, 0.25) is 0 Å². The number of fused-ring (bicyclic) bond motifs is 3. The SMILES string of the molecule is Cl.Fc1ccc(C(=NOCc2ccccc2)C23CCC(CC2)CC3)cc1. The topological polar surface area (TPSA) is 21.6 Å². The smallest absolute Gasteiger partial charge is 0.142 e. The van der Waals surface area contributed by atoms with Gasteiger partial charge in [-0.25, -0.2) is 4.39 Å². The van der Waals surface area contributed by atoms with Crippen LogP contribution in [0.5, 0.6) is 0 Å². The van der Waals surface area contributed by atoms with Crippen LogP contribution in [0.15, 0.2) is 59.8 Å². The number of halogens is 2. The van der Waals surface area contributed by atoms with Gasteiger partial charge in [-0.3, -0.25) is 0 Å². The molecule has 0 N–H and O–H groups in total. The third kappa shape index (κ3) is 3.93. The zero-order valence-electron chi connectivity index (χ0n) is 14.9. The van der Waals surface area contributed by atoms with Crippen LogP contribution in [-0.2, 0) is 11.4 Å². The third-order valence-electron chi connectivity index (χ3n) is 5.94. The first-order chi connectivity index (χ1) is 12.3. The number of oxime groups is 1. The van der Waals surface area contributed by atoms with Gasteiger partial charge in [0.05, 0.1) is 5.71 Å². The van der Waals surface area contributed by atoms with Crippen LogP contribution in [0.4, 0.5) is 4.39 Å². The Kier molecular flexibility index (Phi) is 5.98. The van der Waals surface area contributed by atoms with Gasteiger partial charge < -0.3 is 4.84 Å². The zero-order valence-corrected chi connectivity index (χ0v) is 15.7. The molecule has 5 rings (SSSR count). The Balaban J connectivity index is 0.00000196. The van der Waals surface area contributed by atoms with Crippen LogP contribution < -0.4 is 0 Å². The van der Waals surface area contributed by atoms with Crippen molar-refractivity contribution in [2.45, 2.75) is 45.1 Å². The van der Waals surface area contributed by atoms with Gasteiger partial charge in [0.2, 0.25) is 0 Å². The van der Waals surface area contributed by atoms with Gasteiger partial charge in [-0.05, 0) is 62.1 Å². The van der Waals surface area contributed by atoms with Gasteiger partial charge in [0.1, 0.15) is 12.4 Å². The van der Waals surface area contributed by atoms with E-state index in [0.717, 1.165) is 22.8 Å². The highest BCUT2D eigenvalue weighted by Gasteiger charge is 2.44. The molecule has 0 spiro atoms. The standard InChI is InChI=1S/C22H24FNO.ClH/c23-20-8-6-19(7-9-20)21(22-13-10-17(11-14-22)12-15-22)24-25-16-18-4-2-1-3-5-18;/h1-9,17H,10-16H2;1H. The Labute approximate surface area is 160 Å². The Hall–Kier alpha value is -1.87. The number of nitrogens with zero attached hydrogens (tertiary/aromatic N) is 1. The van der Waals surface area contributed by atoms with Crippen LogP contribution >= 0.6 is 12.4 Å². The molecule has 0 radical (unpaired) electrons. The lowest BCUT2D eigenvalue weighted by atomic mass is 9.58. The monoisotopic (exact) mass is 373 g/mol. The maximum Gasteiger partial charge on any atom is 0.142 e. The molecule has 3 saturated carbocycles. The first-order valence-corrected chi connectivity index (χ1v) is 9.25. The summed E-state index contributed by atoms with van der Waals surface area (Å²) >= 11 is 0. The van der Waals surface area contributed by atoms with Crippen molar-refractivity contribution in [1.82, 2.24) is 0 Å². The molecule has 3 aliphatic rings. The number of hydrogen-bond acceptors (Lipinski definition) is 2. The highest BCUT2D eigenvalue weighted by Crippen LogP contribution is 2.52.